The highest BCUT2D eigenvalue weighted by Gasteiger charge is 2.27. The van der Waals surface area contributed by atoms with Crippen LogP contribution in [0.4, 0.5) is 13.2 Å². The summed E-state index contributed by atoms with van der Waals surface area (Å²) in [5.41, 5.74) is 0.239. The number of methoxy groups -OCH3 is 1. The number of hydrogen-bond donors (Lipinski definition) is 0. The van der Waals surface area contributed by atoms with E-state index in [1.807, 2.05) is 0 Å². The first-order chi connectivity index (χ1) is 9.83. The van der Waals surface area contributed by atoms with E-state index in [0.29, 0.717) is 23.4 Å². The number of carbonyl (C=O) groups excluding carboxylic acids is 1. The Morgan fingerprint density at radius 1 is 1.29 bits per heavy atom. The van der Waals surface area contributed by atoms with Gasteiger partial charge in [-0.3, -0.25) is 4.79 Å². The second-order valence-electron chi connectivity index (χ2n) is 4.02. The fourth-order valence-electron chi connectivity index (χ4n) is 1.37. The second kappa shape index (κ2) is 8.35. The molecule has 0 heterocycles. The average Bonchev–Trinajstić information content (AvgIpc) is 2.39. The number of halogens is 4. The van der Waals surface area contributed by atoms with Crippen LogP contribution in [0.25, 0.3) is 0 Å². The number of ether oxygens (including phenoxy) is 3. The van der Waals surface area contributed by atoms with Gasteiger partial charge in [0.15, 0.2) is 5.78 Å². The zero-order valence-electron chi connectivity index (χ0n) is 11.2. The highest BCUT2D eigenvalue weighted by Crippen LogP contribution is 2.26. The summed E-state index contributed by atoms with van der Waals surface area (Å²) < 4.78 is 50.8. The lowest BCUT2D eigenvalue weighted by atomic mass is 10.1. The van der Waals surface area contributed by atoms with Crippen molar-refractivity contribution in [1.82, 2.24) is 0 Å². The van der Waals surface area contributed by atoms with Crippen molar-refractivity contribution in [3.8, 4) is 5.75 Å². The Morgan fingerprint density at radius 2 is 2.00 bits per heavy atom. The van der Waals surface area contributed by atoms with Crippen LogP contribution in [0.2, 0.25) is 0 Å². The number of rotatable bonds is 8. The number of ketones is 1. The van der Waals surface area contributed by atoms with Crippen LogP contribution < -0.4 is 4.74 Å². The molecule has 0 saturated heterocycles. The highest BCUT2D eigenvalue weighted by molar-refractivity contribution is 9.10. The van der Waals surface area contributed by atoms with Crippen molar-refractivity contribution < 1.29 is 32.2 Å². The van der Waals surface area contributed by atoms with E-state index in [1.54, 1.807) is 13.2 Å². The summed E-state index contributed by atoms with van der Waals surface area (Å²) in [6.07, 6.45) is -4.44. The molecule has 0 aliphatic rings. The van der Waals surface area contributed by atoms with E-state index in [2.05, 4.69) is 20.7 Å². The first-order valence-electron chi connectivity index (χ1n) is 5.92. The predicted molar refractivity (Wildman–Crippen MR) is 72.7 cm³/mol. The molecule has 0 fully saturated rings. The molecule has 0 aromatic heterocycles. The summed E-state index contributed by atoms with van der Waals surface area (Å²) in [4.78, 5) is 11.7. The van der Waals surface area contributed by atoms with E-state index < -0.39 is 25.2 Å². The van der Waals surface area contributed by atoms with Crippen LogP contribution in [0, 0.1) is 0 Å². The van der Waals surface area contributed by atoms with Crippen LogP contribution >= 0.6 is 15.9 Å². The minimum Gasteiger partial charge on any atom is -0.490 e. The number of hydrogen-bond acceptors (Lipinski definition) is 4. The van der Waals surface area contributed by atoms with Crippen molar-refractivity contribution in [2.45, 2.75) is 6.18 Å². The van der Waals surface area contributed by atoms with Gasteiger partial charge in [0, 0.05) is 12.7 Å². The Balaban J connectivity index is 2.55. The van der Waals surface area contributed by atoms with Gasteiger partial charge >= 0.3 is 6.18 Å². The van der Waals surface area contributed by atoms with Crippen molar-refractivity contribution in [2.24, 2.45) is 0 Å². The third-order valence-electron chi connectivity index (χ3n) is 2.30. The molecule has 4 nitrogen and oxygen atoms in total. The van der Waals surface area contributed by atoms with Gasteiger partial charge in [-0.1, -0.05) is 0 Å². The quantitative estimate of drug-likeness (QED) is 0.520. The first-order valence-corrected chi connectivity index (χ1v) is 6.72. The summed E-state index contributed by atoms with van der Waals surface area (Å²) >= 11 is 3.23. The smallest absolute Gasteiger partial charge is 0.411 e. The maximum Gasteiger partial charge on any atom is 0.411 e. The zero-order valence-corrected chi connectivity index (χ0v) is 12.8. The monoisotopic (exact) mass is 370 g/mol. The summed E-state index contributed by atoms with van der Waals surface area (Å²) in [5.74, 6) is -0.0248. The largest absolute Gasteiger partial charge is 0.490 e. The summed E-state index contributed by atoms with van der Waals surface area (Å²) in [5, 5.41) is 0. The molecule has 1 aromatic rings. The van der Waals surface area contributed by atoms with E-state index >= 15 is 0 Å². The predicted octanol–water partition coefficient (Wildman–Crippen LogP) is 3.24. The van der Waals surface area contributed by atoms with Crippen molar-refractivity contribution in [3.05, 3.63) is 28.2 Å². The van der Waals surface area contributed by atoms with Gasteiger partial charge in [0.25, 0.3) is 0 Å². The second-order valence-corrected chi connectivity index (χ2v) is 4.87. The molecule has 0 N–H and O–H groups in total. The molecule has 0 radical (unpaired) electrons. The third-order valence-corrected chi connectivity index (χ3v) is 2.92. The van der Waals surface area contributed by atoms with Crippen LogP contribution in [-0.2, 0) is 9.47 Å². The lowest BCUT2D eigenvalue weighted by Gasteiger charge is -2.10. The molecule has 118 valence electrons. The van der Waals surface area contributed by atoms with E-state index in [4.69, 9.17) is 9.47 Å². The van der Waals surface area contributed by atoms with Crippen molar-refractivity contribution in [1.29, 1.82) is 0 Å². The van der Waals surface area contributed by atoms with Crippen LogP contribution in [-0.4, -0.2) is 45.5 Å². The SMILES string of the molecule is COCCOc1ccc(C(=O)COCC(F)(F)F)cc1Br. The Morgan fingerprint density at radius 3 is 2.57 bits per heavy atom. The molecule has 0 saturated carbocycles. The molecule has 1 rings (SSSR count). The molecule has 0 atom stereocenters. The molecule has 0 bridgehead atoms. The maximum absolute atomic E-state index is 11.9. The van der Waals surface area contributed by atoms with Crippen LogP contribution in [0.3, 0.4) is 0 Å². The topological polar surface area (TPSA) is 44.8 Å². The van der Waals surface area contributed by atoms with E-state index in [0.717, 1.165) is 0 Å². The molecule has 0 spiro atoms. The van der Waals surface area contributed by atoms with E-state index in [9.17, 15) is 18.0 Å². The normalized spacial score (nSPS) is 11.5. The summed E-state index contributed by atoms with van der Waals surface area (Å²) in [6, 6.07) is 4.49. The van der Waals surface area contributed by atoms with Gasteiger partial charge in [-0.25, -0.2) is 0 Å². The molecule has 0 amide bonds. The standard InChI is InChI=1S/C13H14BrF3O4/c1-19-4-5-21-12-3-2-9(6-10(12)14)11(18)7-20-8-13(15,16)17/h2-3,6H,4-5,7-8H2,1H3. The van der Waals surface area contributed by atoms with Crippen LogP contribution in [0.15, 0.2) is 22.7 Å². The summed E-state index contributed by atoms with van der Waals surface area (Å²) in [6.45, 7) is -1.32. The van der Waals surface area contributed by atoms with Gasteiger partial charge in [-0.2, -0.15) is 13.2 Å². The Bertz CT molecular complexity index is 477. The Kier molecular flexibility index (Phi) is 7.13. The average molecular weight is 371 g/mol. The Labute approximate surface area is 128 Å². The minimum atomic E-state index is -4.44. The van der Waals surface area contributed by atoms with Gasteiger partial charge in [0.2, 0.25) is 0 Å². The molecule has 0 aliphatic heterocycles. The lowest BCUT2D eigenvalue weighted by molar-refractivity contribution is -0.170. The molecule has 8 heteroatoms. The van der Waals surface area contributed by atoms with Crippen molar-refractivity contribution >= 4 is 21.7 Å². The molecule has 0 unspecified atom stereocenters. The van der Waals surface area contributed by atoms with E-state index in [1.165, 1.54) is 12.1 Å². The van der Waals surface area contributed by atoms with Crippen LogP contribution in [0.1, 0.15) is 10.4 Å². The highest BCUT2D eigenvalue weighted by atomic mass is 79.9. The molecule has 0 aliphatic carbocycles. The van der Waals surface area contributed by atoms with Gasteiger partial charge in [0.1, 0.15) is 25.6 Å². The molecular weight excluding hydrogens is 357 g/mol. The fraction of sp³-hybridized carbons (Fsp3) is 0.462. The molecule has 1 aromatic carbocycles. The van der Waals surface area contributed by atoms with Gasteiger partial charge in [-0.05, 0) is 34.1 Å². The number of benzene rings is 1. The van der Waals surface area contributed by atoms with Crippen molar-refractivity contribution in [3.63, 3.8) is 0 Å². The molecule has 21 heavy (non-hydrogen) atoms. The maximum atomic E-state index is 11.9. The summed E-state index contributed by atoms with van der Waals surface area (Å²) in [7, 11) is 1.54. The number of carbonyl (C=O) groups is 1. The number of alkyl halides is 3. The third kappa shape index (κ3) is 6.92. The minimum absolute atomic E-state index is 0.239. The fourth-order valence-corrected chi connectivity index (χ4v) is 1.86. The lowest BCUT2D eigenvalue weighted by Crippen LogP contribution is -2.20. The van der Waals surface area contributed by atoms with E-state index in [-0.39, 0.29) is 5.56 Å². The molecular formula is C13H14BrF3O4. The van der Waals surface area contributed by atoms with Crippen molar-refractivity contribution in [2.75, 3.05) is 33.5 Å². The zero-order chi connectivity index (χ0) is 15.9. The van der Waals surface area contributed by atoms with Gasteiger partial charge in [-0.15, -0.1) is 0 Å². The first kappa shape index (κ1) is 17.9. The van der Waals surface area contributed by atoms with Crippen LogP contribution in [0.5, 0.6) is 5.75 Å². The van der Waals surface area contributed by atoms with Gasteiger partial charge in [0.05, 0.1) is 11.1 Å². The Hall–Kier alpha value is -1.12. The number of Topliss-reactive ketones (excluding diaryl/α,β-unsaturated/α-hetero) is 1. The van der Waals surface area contributed by atoms with Gasteiger partial charge < -0.3 is 14.2 Å².